The topological polar surface area (TPSA) is 89.4 Å². The minimum Gasteiger partial charge on any atom is -0.313 e. The summed E-state index contributed by atoms with van der Waals surface area (Å²) in [5.74, 6) is 0.513. The van der Waals surface area contributed by atoms with E-state index in [-0.39, 0.29) is 5.56 Å². The molecule has 22 heavy (non-hydrogen) atoms. The molecule has 0 aliphatic heterocycles. The van der Waals surface area contributed by atoms with E-state index in [1.165, 1.54) is 6.33 Å². The average Bonchev–Trinajstić information content (AvgIpc) is 3.05. The molecule has 4 aromatic heterocycles. The molecule has 0 aromatic carbocycles. The molecule has 4 heterocycles. The summed E-state index contributed by atoms with van der Waals surface area (Å²) in [5, 5.41) is 4.79. The second kappa shape index (κ2) is 4.88. The SMILES string of the molecule is O=c1[nH]cnc2c(-n3cc(-c4cccnc4)cn3)nccc12. The quantitative estimate of drug-likeness (QED) is 0.605. The number of fused-ring (bicyclic) bond motifs is 1. The third-order valence-corrected chi connectivity index (χ3v) is 3.33. The van der Waals surface area contributed by atoms with Crippen molar-refractivity contribution in [2.75, 3.05) is 0 Å². The Labute approximate surface area is 124 Å². The third-order valence-electron chi connectivity index (χ3n) is 3.33. The van der Waals surface area contributed by atoms with Crippen LogP contribution < -0.4 is 5.56 Å². The van der Waals surface area contributed by atoms with Gasteiger partial charge >= 0.3 is 0 Å². The molecular formula is C15H10N6O. The first kappa shape index (κ1) is 12.4. The highest BCUT2D eigenvalue weighted by atomic mass is 16.1. The second-order valence-electron chi connectivity index (χ2n) is 4.68. The number of hydrogen-bond donors (Lipinski definition) is 1. The largest absolute Gasteiger partial charge is 0.313 e. The summed E-state index contributed by atoms with van der Waals surface area (Å²) in [5.41, 5.74) is 2.18. The zero-order valence-electron chi connectivity index (χ0n) is 11.3. The average molecular weight is 290 g/mol. The van der Waals surface area contributed by atoms with Crippen molar-refractivity contribution in [2.45, 2.75) is 0 Å². The van der Waals surface area contributed by atoms with Crippen LogP contribution in [0.5, 0.6) is 0 Å². The molecule has 106 valence electrons. The van der Waals surface area contributed by atoms with Crippen LogP contribution in [0.3, 0.4) is 0 Å². The van der Waals surface area contributed by atoms with Crippen molar-refractivity contribution in [3.05, 3.63) is 65.9 Å². The van der Waals surface area contributed by atoms with Gasteiger partial charge in [-0.2, -0.15) is 5.10 Å². The molecule has 7 heteroatoms. The van der Waals surface area contributed by atoms with Gasteiger partial charge in [0.25, 0.3) is 5.56 Å². The molecule has 0 radical (unpaired) electrons. The number of H-pyrrole nitrogens is 1. The van der Waals surface area contributed by atoms with E-state index in [0.717, 1.165) is 11.1 Å². The lowest BCUT2D eigenvalue weighted by molar-refractivity contribution is 0.851. The minimum absolute atomic E-state index is 0.201. The molecule has 0 fully saturated rings. The molecular weight excluding hydrogens is 280 g/mol. The zero-order valence-corrected chi connectivity index (χ0v) is 11.3. The van der Waals surface area contributed by atoms with Gasteiger partial charge in [-0.15, -0.1) is 0 Å². The van der Waals surface area contributed by atoms with Crippen LogP contribution in [0.25, 0.3) is 27.8 Å². The second-order valence-corrected chi connectivity index (χ2v) is 4.68. The highest BCUT2D eigenvalue weighted by molar-refractivity contribution is 5.83. The van der Waals surface area contributed by atoms with Crippen molar-refractivity contribution in [1.29, 1.82) is 0 Å². The lowest BCUT2D eigenvalue weighted by Gasteiger charge is -2.03. The first-order valence-corrected chi connectivity index (χ1v) is 6.61. The first-order chi connectivity index (χ1) is 10.8. The van der Waals surface area contributed by atoms with Crippen LogP contribution in [0.1, 0.15) is 0 Å². The van der Waals surface area contributed by atoms with E-state index < -0.39 is 0 Å². The molecule has 7 nitrogen and oxygen atoms in total. The monoisotopic (exact) mass is 290 g/mol. The van der Waals surface area contributed by atoms with Gasteiger partial charge in [-0.25, -0.2) is 14.6 Å². The molecule has 0 bridgehead atoms. The fourth-order valence-electron chi connectivity index (χ4n) is 2.28. The Morgan fingerprint density at radius 1 is 1.05 bits per heavy atom. The minimum atomic E-state index is -0.201. The molecule has 1 N–H and O–H groups in total. The van der Waals surface area contributed by atoms with Gasteiger partial charge in [-0.3, -0.25) is 9.78 Å². The van der Waals surface area contributed by atoms with E-state index in [4.69, 9.17) is 0 Å². The Hall–Kier alpha value is -3.35. The van der Waals surface area contributed by atoms with Crippen molar-refractivity contribution in [3.63, 3.8) is 0 Å². The van der Waals surface area contributed by atoms with E-state index in [1.54, 1.807) is 35.5 Å². The summed E-state index contributed by atoms with van der Waals surface area (Å²) in [6, 6.07) is 5.45. The van der Waals surface area contributed by atoms with Crippen molar-refractivity contribution in [2.24, 2.45) is 0 Å². The van der Waals surface area contributed by atoms with Gasteiger partial charge in [0.05, 0.1) is 17.9 Å². The number of nitrogens with zero attached hydrogens (tertiary/aromatic N) is 5. The van der Waals surface area contributed by atoms with E-state index in [2.05, 4.69) is 25.0 Å². The molecule has 0 unspecified atom stereocenters. The maximum Gasteiger partial charge on any atom is 0.258 e. The molecule has 4 aromatic rings. The predicted octanol–water partition coefficient (Wildman–Crippen LogP) is 1.57. The zero-order chi connectivity index (χ0) is 14.9. The van der Waals surface area contributed by atoms with Crippen molar-refractivity contribution in [1.82, 2.24) is 29.7 Å². The van der Waals surface area contributed by atoms with E-state index in [1.807, 2.05) is 18.3 Å². The highest BCUT2D eigenvalue weighted by Gasteiger charge is 2.10. The van der Waals surface area contributed by atoms with E-state index in [9.17, 15) is 4.79 Å². The van der Waals surface area contributed by atoms with Crippen molar-refractivity contribution in [3.8, 4) is 16.9 Å². The Morgan fingerprint density at radius 2 is 2.00 bits per heavy atom. The van der Waals surface area contributed by atoms with Crippen molar-refractivity contribution < 1.29 is 0 Å². The fourth-order valence-corrected chi connectivity index (χ4v) is 2.28. The van der Waals surface area contributed by atoms with E-state index in [0.29, 0.717) is 16.7 Å². The number of rotatable bonds is 2. The summed E-state index contributed by atoms with van der Waals surface area (Å²) >= 11 is 0. The number of aromatic nitrogens is 6. The van der Waals surface area contributed by atoms with Gasteiger partial charge in [-0.05, 0) is 12.1 Å². The van der Waals surface area contributed by atoms with Crippen LogP contribution in [0, 0.1) is 0 Å². The lowest BCUT2D eigenvalue weighted by Crippen LogP contribution is -2.09. The summed E-state index contributed by atoms with van der Waals surface area (Å²) in [6.45, 7) is 0. The van der Waals surface area contributed by atoms with Gasteiger partial charge in [0.2, 0.25) is 0 Å². The van der Waals surface area contributed by atoms with E-state index >= 15 is 0 Å². The van der Waals surface area contributed by atoms with Crippen LogP contribution in [0.2, 0.25) is 0 Å². The summed E-state index contributed by atoms with van der Waals surface area (Å²) in [6.07, 6.45) is 9.98. The molecule has 0 atom stereocenters. The van der Waals surface area contributed by atoms with Gasteiger partial charge in [0, 0.05) is 35.9 Å². The summed E-state index contributed by atoms with van der Waals surface area (Å²) < 4.78 is 1.61. The number of aromatic amines is 1. The van der Waals surface area contributed by atoms with Crippen LogP contribution >= 0.6 is 0 Å². The van der Waals surface area contributed by atoms with Crippen LogP contribution in [-0.4, -0.2) is 29.7 Å². The van der Waals surface area contributed by atoms with Gasteiger partial charge in [0.15, 0.2) is 5.82 Å². The molecule has 0 amide bonds. The number of pyridine rings is 2. The lowest BCUT2D eigenvalue weighted by atomic mass is 10.2. The Balaban J connectivity index is 1.89. The first-order valence-electron chi connectivity index (χ1n) is 6.61. The van der Waals surface area contributed by atoms with Crippen LogP contribution in [-0.2, 0) is 0 Å². The molecule has 0 saturated carbocycles. The Morgan fingerprint density at radius 3 is 2.86 bits per heavy atom. The molecule has 0 saturated heterocycles. The molecule has 0 aliphatic carbocycles. The predicted molar refractivity (Wildman–Crippen MR) is 80.5 cm³/mol. The smallest absolute Gasteiger partial charge is 0.258 e. The van der Waals surface area contributed by atoms with Crippen LogP contribution in [0.4, 0.5) is 0 Å². The molecule has 0 aliphatic rings. The number of hydrogen-bond acceptors (Lipinski definition) is 5. The van der Waals surface area contributed by atoms with Gasteiger partial charge in [-0.1, -0.05) is 6.07 Å². The van der Waals surface area contributed by atoms with Crippen LogP contribution in [0.15, 0.2) is 60.3 Å². The highest BCUT2D eigenvalue weighted by Crippen LogP contribution is 2.20. The van der Waals surface area contributed by atoms with Gasteiger partial charge in [0.1, 0.15) is 5.52 Å². The summed E-state index contributed by atoms with van der Waals surface area (Å²) in [7, 11) is 0. The Kier molecular flexibility index (Phi) is 2.75. The molecule has 0 spiro atoms. The standard InChI is InChI=1S/C15H10N6O/c22-15-12-3-5-17-14(13(12)18-9-19-15)21-8-11(7-20-21)10-2-1-4-16-6-10/h1-9H,(H,18,19,22). The fraction of sp³-hybridized carbons (Fsp3) is 0. The van der Waals surface area contributed by atoms with Gasteiger partial charge < -0.3 is 4.98 Å². The maximum absolute atomic E-state index is 11.8. The normalized spacial score (nSPS) is 10.9. The molecule has 4 rings (SSSR count). The Bertz CT molecular complexity index is 1010. The third kappa shape index (κ3) is 1.96. The summed E-state index contributed by atoms with van der Waals surface area (Å²) in [4.78, 5) is 27.0. The van der Waals surface area contributed by atoms with Crippen molar-refractivity contribution >= 4 is 10.9 Å². The maximum atomic E-state index is 11.8. The number of nitrogens with one attached hydrogen (secondary N) is 1.